The van der Waals surface area contributed by atoms with Gasteiger partial charge >= 0.3 is 0 Å². The van der Waals surface area contributed by atoms with Crippen LogP contribution in [0.4, 0.5) is 0 Å². The Balaban J connectivity index is 4.94. The molecule has 0 fully saturated rings. The van der Waals surface area contributed by atoms with Gasteiger partial charge in [0.15, 0.2) is 0 Å². The molecule has 0 saturated heterocycles. The van der Waals surface area contributed by atoms with Crippen molar-refractivity contribution in [3.8, 4) is 0 Å². The highest BCUT2D eigenvalue weighted by molar-refractivity contribution is 7.93. The summed E-state index contributed by atoms with van der Waals surface area (Å²) >= 11 is 0. The van der Waals surface area contributed by atoms with E-state index in [4.69, 9.17) is 0 Å². The van der Waals surface area contributed by atoms with Crippen molar-refractivity contribution >= 4 is 10.0 Å². The van der Waals surface area contributed by atoms with Gasteiger partial charge in [0.25, 0.3) is 0 Å². The molecule has 0 saturated carbocycles. The molecule has 1 N–H and O–H groups in total. The Morgan fingerprint density at radius 3 is 1.69 bits per heavy atom. The molecule has 0 aliphatic carbocycles. The minimum absolute atomic E-state index is 0.405. The number of nitrogens with one attached hydrogen (secondary N) is 1. The first-order valence-electron chi connectivity index (χ1n) is 4.24. The third-order valence-electron chi connectivity index (χ3n) is 1.55. The van der Waals surface area contributed by atoms with Crippen LogP contribution < -0.4 is 4.72 Å². The van der Waals surface area contributed by atoms with Crippen molar-refractivity contribution in [1.82, 2.24) is 4.72 Å². The Labute approximate surface area is 81.3 Å². The van der Waals surface area contributed by atoms with Gasteiger partial charge in [-0.05, 0) is 41.5 Å². The second-order valence-corrected chi connectivity index (χ2v) is 6.24. The van der Waals surface area contributed by atoms with Crippen molar-refractivity contribution < 1.29 is 8.42 Å². The minimum Gasteiger partial charge on any atom is -0.207 e. The average Bonchev–Trinajstić information content (AvgIpc) is 1.80. The van der Waals surface area contributed by atoms with Crippen molar-refractivity contribution in [1.29, 1.82) is 0 Å². The van der Waals surface area contributed by atoms with Crippen LogP contribution in [0.2, 0.25) is 0 Å². The lowest BCUT2D eigenvalue weighted by Crippen LogP contribution is -2.40. The van der Waals surface area contributed by atoms with E-state index in [1.807, 2.05) is 20.8 Å². The molecule has 3 nitrogen and oxygen atoms in total. The third-order valence-corrected chi connectivity index (χ3v) is 3.64. The van der Waals surface area contributed by atoms with E-state index < -0.39 is 15.6 Å². The fraction of sp³-hybridized carbons (Fsp3) is 0.778. The van der Waals surface area contributed by atoms with Crippen LogP contribution in [-0.2, 0) is 10.0 Å². The first kappa shape index (κ1) is 12.7. The van der Waals surface area contributed by atoms with Gasteiger partial charge in [-0.1, -0.05) is 5.57 Å². The van der Waals surface area contributed by atoms with E-state index in [1.165, 1.54) is 0 Å². The summed E-state index contributed by atoms with van der Waals surface area (Å²) in [5, 5.41) is 0. The van der Waals surface area contributed by atoms with Gasteiger partial charge in [-0.2, -0.15) is 0 Å². The lowest BCUT2D eigenvalue weighted by atomic mass is 10.1. The molecule has 0 aromatic carbocycles. The second-order valence-electron chi connectivity index (χ2n) is 4.41. The normalized spacial score (nSPS) is 12.8. The summed E-state index contributed by atoms with van der Waals surface area (Å²) in [5.41, 5.74) is 0.395. The molecule has 0 amide bonds. The van der Waals surface area contributed by atoms with Gasteiger partial charge in [0.05, 0.1) is 4.91 Å². The highest BCUT2D eigenvalue weighted by Crippen LogP contribution is 2.12. The summed E-state index contributed by atoms with van der Waals surface area (Å²) in [4.78, 5) is 0.405. The Morgan fingerprint density at radius 2 is 1.46 bits per heavy atom. The fourth-order valence-corrected chi connectivity index (χ4v) is 2.25. The van der Waals surface area contributed by atoms with Crippen molar-refractivity contribution in [2.75, 3.05) is 0 Å². The molecular formula is C9H19NO2S. The quantitative estimate of drug-likeness (QED) is 0.749. The highest BCUT2D eigenvalue weighted by Gasteiger charge is 2.21. The van der Waals surface area contributed by atoms with Crippen LogP contribution in [0.25, 0.3) is 0 Å². The Bertz CT molecular complexity index is 303. The van der Waals surface area contributed by atoms with Crippen molar-refractivity contribution in [3.05, 3.63) is 10.5 Å². The van der Waals surface area contributed by atoms with Crippen LogP contribution in [0.1, 0.15) is 41.5 Å². The standard InChI is InChI=1S/C9H19NO2S/c1-7(2)8(3)13(11,12)10-9(4,5)6/h10H,1-6H3. The molecule has 78 valence electrons. The maximum Gasteiger partial charge on any atom is 0.236 e. The van der Waals surface area contributed by atoms with E-state index in [0.717, 1.165) is 5.57 Å². The molecule has 0 atom stereocenters. The van der Waals surface area contributed by atoms with E-state index in [0.29, 0.717) is 4.91 Å². The summed E-state index contributed by atoms with van der Waals surface area (Å²) < 4.78 is 25.8. The molecule has 0 aliphatic heterocycles. The van der Waals surface area contributed by atoms with Crippen molar-refractivity contribution in [2.24, 2.45) is 0 Å². The van der Waals surface area contributed by atoms with Gasteiger partial charge in [-0.3, -0.25) is 0 Å². The first-order valence-corrected chi connectivity index (χ1v) is 5.72. The summed E-state index contributed by atoms with van der Waals surface area (Å²) in [7, 11) is -3.29. The second kappa shape index (κ2) is 3.80. The molecule has 0 spiro atoms. The number of hydrogen-bond acceptors (Lipinski definition) is 2. The molecule has 0 bridgehead atoms. The number of rotatable bonds is 2. The van der Waals surface area contributed by atoms with E-state index in [1.54, 1.807) is 20.8 Å². The monoisotopic (exact) mass is 205 g/mol. The molecule has 0 rings (SSSR count). The summed E-state index contributed by atoms with van der Waals surface area (Å²) in [6, 6.07) is 0. The zero-order valence-corrected chi connectivity index (χ0v) is 10.0. The molecule has 0 aromatic heterocycles. The van der Waals surface area contributed by atoms with Crippen molar-refractivity contribution in [2.45, 2.75) is 47.1 Å². The summed E-state index contributed by atoms with van der Waals surface area (Å²) in [6.45, 7) is 10.7. The number of allylic oxidation sites excluding steroid dienone is 2. The van der Waals surface area contributed by atoms with Crippen LogP contribution in [0.15, 0.2) is 10.5 Å². The molecule has 13 heavy (non-hydrogen) atoms. The maximum absolute atomic E-state index is 11.6. The SMILES string of the molecule is CC(C)=C(C)S(=O)(=O)NC(C)(C)C. The Hall–Kier alpha value is -0.350. The predicted octanol–water partition coefficient (Wildman–Crippen LogP) is 2.02. The average molecular weight is 205 g/mol. The van der Waals surface area contributed by atoms with Gasteiger partial charge in [0, 0.05) is 5.54 Å². The van der Waals surface area contributed by atoms with Crippen LogP contribution in [-0.4, -0.2) is 14.0 Å². The molecular weight excluding hydrogens is 186 g/mol. The topological polar surface area (TPSA) is 46.2 Å². The van der Waals surface area contributed by atoms with Gasteiger partial charge in [0.1, 0.15) is 0 Å². The molecule has 0 radical (unpaired) electrons. The molecule has 0 aliphatic rings. The van der Waals surface area contributed by atoms with E-state index >= 15 is 0 Å². The van der Waals surface area contributed by atoms with Crippen LogP contribution in [0, 0.1) is 0 Å². The van der Waals surface area contributed by atoms with E-state index in [-0.39, 0.29) is 0 Å². The zero-order chi connectivity index (χ0) is 10.9. The number of sulfonamides is 1. The number of hydrogen-bond donors (Lipinski definition) is 1. The van der Waals surface area contributed by atoms with Crippen molar-refractivity contribution in [3.63, 3.8) is 0 Å². The van der Waals surface area contributed by atoms with Crippen LogP contribution in [0.5, 0.6) is 0 Å². The van der Waals surface area contributed by atoms with E-state index in [2.05, 4.69) is 4.72 Å². The summed E-state index contributed by atoms with van der Waals surface area (Å²) in [6.07, 6.45) is 0. The third kappa shape index (κ3) is 4.43. The van der Waals surface area contributed by atoms with Gasteiger partial charge in [-0.25, -0.2) is 13.1 Å². The fourth-order valence-electron chi connectivity index (χ4n) is 0.748. The lowest BCUT2D eigenvalue weighted by molar-refractivity contribution is 0.495. The first-order chi connectivity index (χ1) is 5.56. The highest BCUT2D eigenvalue weighted by atomic mass is 32.2. The Morgan fingerprint density at radius 1 is 1.08 bits per heavy atom. The molecule has 0 unspecified atom stereocenters. The molecule has 0 heterocycles. The van der Waals surface area contributed by atoms with Gasteiger partial charge in [0.2, 0.25) is 10.0 Å². The van der Waals surface area contributed by atoms with Gasteiger partial charge < -0.3 is 0 Å². The molecule has 0 aromatic rings. The predicted molar refractivity (Wildman–Crippen MR) is 55.9 cm³/mol. The van der Waals surface area contributed by atoms with Gasteiger partial charge in [-0.15, -0.1) is 0 Å². The zero-order valence-electron chi connectivity index (χ0n) is 9.22. The van der Waals surface area contributed by atoms with Crippen LogP contribution >= 0.6 is 0 Å². The Kier molecular flexibility index (Phi) is 3.70. The largest absolute Gasteiger partial charge is 0.236 e. The maximum atomic E-state index is 11.6. The van der Waals surface area contributed by atoms with Crippen LogP contribution in [0.3, 0.4) is 0 Å². The smallest absolute Gasteiger partial charge is 0.207 e. The molecule has 4 heteroatoms. The lowest BCUT2D eigenvalue weighted by Gasteiger charge is -2.21. The minimum atomic E-state index is -3.29. The summed E-state index contributed by atoms with van der Waals surface area (Å²) in [5.74, 6) is 0. The van der Waals surface area contributed by atoms with E-state index in [9.17, 15) is 8.42 Å².